The highest BCUT2D eigenvalue weighted by Crippen LogP contribution is 1.92. The van der Waals surface area contributed by atoms with Gasteiger partial charge in [0.1, 0.15) is 0 Å². The van der Waals surface area contributed by atoms with Gasteiger partial charge in [-0.2, -0.15) is 0 Å². The smallest absolute Gasteiger partial charge is 0.213 e. The van der Waals surface area contributed by atoms with Crippen molar-refractivity contribution in [2.24, 2.45) is 5.73 Å². The molecule has 0 unspecified atom stereocenters. The quantitative estimate of drug-likeness (QED) is 0.557. The Labute approximate surface area is 92.4 Å². The second-order valence-electron chi connectivity index (χ2n) is 3.63. The topological polar surface area (TPSA) is 81.4 Å². The Bertz CT molecular complexity index is 240. The first-order chi connectivity index (χ1) is 6.98. The molecule has 6 heteroatoms. The van der Waals surface area contributed by atoms with Gasteiger partial charge < -0.3 is 10.5 Å². The third-order valence-corrected chi connectivity index (χ3v) is 3.10. The fourth-order valence-corrected chi connectivity index (χ4v) is 1.88. The van der Waals surface area contributed by atoms with E-state index in [4.69, 9.17) is 10.5 Å². The van der Waals surface area contributed by atoms with E-state index in [-0.39, 0.29) is 18.5 Å². The van der Waals surface area contributed by atoms with E-state index in [1.807, 2.05) is 13.8 Å². The Balaban J connectivity index is 3.59. The lowest BCUT2D eigenvalue weighted by Crippen LogP contribution is -2.30. The van der Waals surface area contributed by atoms with Gasteiger partial charge >= 0.3 is 0 Å². The summed E-state index contributed by atoms with van der Waals surface area (Å²) in [5.74, 6) is 0.0216. The third kappa shape index (κ3) is 10.1. The van der Waals surface area contributed by atoms with Crippen LogP contribution < -0.4 is 10.5 Å². The summed E-state index contributed by atoms with van der Waals surface area (Å²) in [5.41, 5.74) is 5.29. The maximum Gasteiger partial charge on any atom is 0.213 e. The van der Waals surface area contributed by atoms with E-state index in [0.717, 1.165) is 12.8 Å². The van der Waals surface area contributed by atoms with Gasteiger partial charge in [0.05, 0.1) is 18.5 Å². The minimum absolute atomic E-state index is 0.0216. The highest BCUT2D eigenvalue weighted by Gasteiger charge is 2.09. The molecular formula is C9H22N2O3S. The Morgan fingerprint density at radius 3 is 2.53 bits per heavy atom. The van der Waals surface area contributed by atoms with Crippen molar-refractivity contribution in [2.75, 3.05) is 25.4 Å². The van der Waals surface area contributed by atoms with Gasteiger partial charge in [-0.15, -0.1) is 0 Å². The van der Waals surface area contributed by atoms with Gasteiger partial charge in [-0.25, -0.2) is 13.1 Å². The average Bonchev–Trinajstić information content (AvgIpc) is 2.11. The van der Waals surface area contributed by atoms with E-state index in [2.05, 4.69) is 4.72 Å². The summed E-state index contributed by atoms with van der Waals surface area (Å²) < 4.78 is 30.4. The summed E-state index contributed by atoms with van der Waals surface area (Å²) in [7, 11) is -3.17. The normalized spacial score (nSPS) is 12.3. The van der Waals surface area contributed by atoms with Crippen molar-refractivity contribution in [3.05, 3.63) is 0 Å². The van der Waals surface area contributed by atoms with Crippen molar-refractivity contribution in [1.29, 1.82) is 0 Å². The van der Waals surface area contributed by atoms with Crippen molar-refractivity contribution < 1.29 is 13.2 Å². The Morgan fingerprint density at radius 2 is 2.00 bits per heavy atom. The lowest BCUT2D eigenvalue weighted by atomic mass is 10.3. The van der Waals surface area contributed by atoms with Crippen molar-refractivity contribution in [3.8, 4) is 0 Å². The van der Waals surface area contributed by atoms with E-state index in [1.54, 1.807) is 0 Å². The van der Waals surface area contributed by atoms with Crippen molar-refractivity contribution in [1.82, 2.24) is 4.72 Å². The standard InChI is InChI=1S/C9H22N2O3S/c1-9(2)14-7-8-15(12,13)11-6-4-3-5-10/h9,11H,3-8,10H2,1-2H3. The van der Waals surface area contributed by atoms with Crippen LogP contribution in [0.25, 0.3) is 0 Å². The summed E-state index contributed by atoms with van der Waals surface area (Å²) in [6.45, 7) is 5.05. The first-order valence-corrected chi connectivity index (χ1v) is 6.92. The summed E-state index contributed by atoms with van der Waals surface area (Å²) >= 11 is 0. The van der Waals surface area contributed by atoms with Crippen molar-refractivity contribution >= 4 is 10.0 Å². The summed E-state index contributed by atoms with van der Waals surface area (Å²) in [5, 5.41) is 0. The van der Waals surface area contributed by atoms with Crippen LogP contribution >= 0.6 is 0 Å². The molecule has 0 rings (SSSR count). The molecule has 15 heavy (non-hydrogen) atoms. The van der Waals surface area contributed by atoms with Gasteiger partial charge in [-0.1, -0.05) is 0 Å². The highest BCUT2D eigenvalue weighted by molar-refractivity contribution is 7.89. The zero-order valence-corrected chi connectivity index (χ0v) is 10.3. The monoisotopic (exact) mass is 238 g/mol. The van der Waals surface area contributed by atoms with E-state index in [0.29, 0.717) is 13.1 Å². The SMILES string of the molecule is CC(C)OCCS(=O)(=O)NCCCCN. The number of hydrogen-bond donors (Lipinski definition) is 2. The number of rotatable bonds is 9. The Hall–Kier alpha value is -0.170. The number of unbranched alkanes of at least 4 members (excludes halogenated alkanes) is 1. The van der Waals surface area contributed by atoms with Gasteiger partial charge in [0, 0.05) is 6.54 Å². The third-order valence-electron chi connectivity index (χ3n) is 1.76. The molecule has 0 aliphatic rings. The molecular weight excluding hydrogens is 216 g/mol. The maximum atomic E-state index is 11.4. The molecule has 0 aliphatic heterocycles. The molecule has 0 bridgehead atoms. The minimum Gasteiger partial charge on any atom is -0.378 e. The van der Waals surface area contributed by atoms with Crippen LogP contribution in [0.5, 0.6) is 0 Å². The van der Waals surface area contributed by atoms with Crippen LogP contribution in [-0.4, -0.2) is 40.0 Å². The second kappa shape index (κ2) is 8.04. The molecule has 0 saturated heterocycles. The van der Waals surface area contributed by atoms with Crippen LogP contribution in [0.2, 0.25) is 0 Å². The van der Waals surface area contributed by atoms with Crippen LogP contribution in [-0.2, 0) is 14.8 Å². The Morgan fingerprint density at radius 1 is 1.33 bits per heavy atom. The summed E-state index contributed by atoms with van der Waals surface area (Å²) in [6.07, 6.45) is 1.68. The summed E-state index contributed by atoms with van der Waals surface area (Å²) in [4.78, 5) is 0. The zero-order chi connectivity index (χ0) is 11.7. The van der Waals surface area contributed by atoms with E-state index >= 15 is 0 Å². The number of sulfonamides is 1. The summed E-state index contributed by atoms with van der Waals surface area (Å²) in [6, 6.07) is 0. The molecule has 0 aromatic heterocycles. The molecule has 0 spiro atoms. The molecule has 0 aromatic rings. The van der Waals surface area contributed by atoms with Crippen LogP contribution in [0.4, 0.5) is 0 Å². The lowest BCUT2D eigenvalue weighted by Gasteiger charge is -2.08. The van der Waals surface area contributed by atoms with Crippen LogP contribution in [0, 0.1) is 0 Å². The van der Waals surface area contributed by atoms with Gasteiger partial charge in [-0.3, -0.25) is 0 Å². The van der Waals surface area contributed by atoms with Crippen LogP contribution in [0.3, 0.4) is 0 Å². The number of nitrogens with one attached hydrogen (secondary N) is 1. The fraction of sp³-hybridized carbons (Fsp3) is 1.00. The van der Waals surface area contributed by atoms with Crippen molar-refractivity contribution in [3.63, 3.8) is 0 Å². The molecule has 0 saturated carbocycles. The van der Waals surface area contributed by atoms with Crippen LogP contribution in [0.1, 0.15) is 26.7 Å². The molecule has 3 N–H and O–H groups in total. The van der Waals surface area contributed by atoms with Crippen LogP contribution in [0.15, 0.2) is 0 Å². The van der Waals surface area contributed by atoms with Crippen molar-refractivity contribution in [2.45, 2.75) is 32.8 Å². The number of ether oxygens (including phenoxy) is 1. The molecule has 0 heterocycles. The molecule has 0 radical (unpaired) electrons. The molecule has 5 nitrogen and oxygen atoms in total. The predicted octanol–water partition coefficient (Wildman–Crippen LogP) is 0.0697. The van der Waals surface area contributed by atoms with E-state index in [1.165, 1.54) is 0 Å². The van der Waals surface area contributed by atoms with Gasteiger partial charge in [0.15, 0.2) is 0 Å². The fourth-order valence-electron chi connectivity index (χ4n) is 0.963. The molecule has 0 atom stereocenters. The van der Waals surface area contributed by atoms with Gasteiger partial charge in [-0.05, 0) is 33.2 Å². The number of nitrogens with two attached hydrogens (primary N) is 1. The molecule has 0 amide bonds. The van der Waals surface area contributed by atoms with Gasteiger partial charge in [0.25, 0.3) is 0 Å². The van der Waals surface area contributed by atoms with E-state index < -0.39 is 10.0 Å². The second-order valence-corrected chi connectivity index (χ2v) is 5.55. The Kier molecular flexibility index (Phi) is 7.95. The highest BCUT2D eigenvalue weighted by atomic mass is 32.2. The molecule has 0 aliphatic carbocycles. The minimum atomic E-state index is -3.17. The number of hydrogen-bond acceptors (Lipinski definition) is 4. The lowest BCUT2D eigenvalue weighted by molar-refractivity contribution is 0.0911. The first kappa shape index (κ1) is 14.8. The first-order valence-electron chi connectivity index (χ1n) is 5.27. The maximum absolute atomic E-state index is 11.4. The average molecular weight is 238 g/mol. The van der Waals surface area contributed by atoms with E-state index in [9.17, 15) is 8.42 Å². The van der Waals surface area contributed by atoms with Gasteiger partial charge in [0.2, 0.25) is 10.0 Å². The molecule has 92 valence electrons. The molecule has 0 aromatic carbocycles. The predicted molar refractivity (Wildman–Crippen MR) is 61.2 cm³/mol. The largest absolute Gasteiger partial charge is 0.378 e. The molecule has 0 fully saturated rings. The zero-order valence-electron chi connectivity index (χ0n) is 9.53.